The molecule has 0 nitrogen and oxygen atoms in total. The third-order valence-electron chi connectivity index (χ3n) is 5.70. The molecular weight excluding hydrogens is 300 g/mol. The highest BCUT2D eigenvalue weighted by Crippen LogP contribution is 2.62. The predicted molar refractivity (Wildman–Crippen MR) is 100 cm³/mol. The molecule has 2 aliphatic carbocycles. The zero-order chi connectivity index (χ0) is 16.4. The van der Waals surface area contributed by atoms with Gasteiger partial charge in [-0.05, 0) is 56.6 Å². The average Bonchev–Trinajstić information content (AvgIpc) is 3.16. The first-order chi connectivity index (χ1) is 12.4. The highest BCUT2D eigenvalue weighted by Gasteiger charge is 2.51. The van der Waals surface area contributed by atoms with Gasteiger partial charge in [0.15, 0.2) is 0 Å². The van der Waals surface area contributed by atoms with Crippen LogP contribution in [0.1, 0.15) is 22.3 Å². The molecule has 2 radical (unpaired) electrons. The van der Waals surface area contributed by atoms with Gasteiger partial charge in [-0.15, -0.1) is 0 Å². The van der Waals surface area contributed by atoms with Gasteiger partial charge in [-0.25, -0.2) is 0 Å². The summed E-state index contributed by atoms with van der Waals surface area (Å²) in [6.45, 7) is 0. The first kappa shape index (κ1) is 13.2. The molecule has 6 rings (SSSR count). The molecule has 0 amide bonds. The van der Waals surface area contributed by atoms with Crippen LogP contribution in [-0.4, -0.2) is 0 Å². The minimum atomic E-state index is -0.291. The average molecular weight is 314 g/mol. The molecule has 0 heteroatoms. The molecule has 0 unspecified atom stereocenters. The van der Waals surface area contributed by atoms with Crippen LogP contribution < -0.4 is 0 Å². The summed E-state index contributed by atoms with van der Waals surface area (Å²) in [5, 5.41) is 0. The van der Waals surface area contributed by atoms with Crippen molar-refractivity contribution in [2.75, 3.05) is 0 Å². The molecule has 114 valence electrons. The van der Waals surface area contributed by atoms with E-state index in [1.165, 1.54) is 44.5 Å². The van der Waals surface area contributed by atoms with Crippen LogP contribution in [0.4, 0.5) is 0 Å². The summed E-state index contributed by atoms with van der Waals surface area (Å²) in [6, 6.07) is 37.5. The van der Waals surface area contributed by atoms with E-state index in [4.69, 9.17) is 0 Å². The summed E-state index contributed by atoms with van der Waals surface area (Å²) in [7, 11) is 0. The second-order valence-corrected chi connectivity index (χ2v) is 6.76. The third kappa shape index (κ3) is 1.40. The van der Waals surface area contributed by atoms with Gasteiger partial charge in [0.05, 0.1) is 5.41 Å². The fourth-order valence-electron chi connectivity index (χ4n) is 4.84. The Hall–Kier alpha value is -3.12. The highest BCUT2D eigenvalue weighted by atomic mass is 14.5. The number of fused-ring (bicyclic) bond motifs is 10. The molecule has 1 spiro atoms. The van der Waals surface area contributed by atoms with Gasteiger partial charge in [-0.2, -0.15) is 0 Å². The zero-order valence-electron chi connectivity index (χ0n) is 13.6. The van der Waals surface area contributed by atoms with Crippen molar-refractivity contribution >= 4 is 0 Å². The molecule has 0 saturated carbocycles. The molecule has 0 heterocycles. The van der Waals surface area contributed by atoms with E-state index in [0.29, 0.717) is 0 Å². The number of hydrogen-bond donors (Lipinski definition) is 0. The third-order valence-corrected chi connectivity index (χ3v) is 5.70. The minimum Gasteiger partial charge on any atom is -0.0619 e. The minimum absolute atomic E-state index is 0.291. The molecule has 0 aromatic heterocycles. The maximum Gasteiger partial charge on any atom is 0.0737 e. The summed E-state index contributed by atoms with van der Waals surface area (Å²) in [6.07, 6.45) is 0. The summed E-state index contributed by atoms with van der Waals surface area (Å²) in [5.41, 5.74) is 10.1. The van der Waals surface area contributed by atoms with Crippen molar-refractivity contribution in [3.05, 3.63) is 119 Å². The van der Waals surface area contributed by atoms with Crippen LogP contribution in [0.3, 0.4) is 0 Å². The summed E-state index contributed by atoms with van der Waals surface area (Å²) in [4.78, 5) is 0. The Balaban J connectivity index is 1.89. The van der Waals surface area contributed by atoms with Crippen molar-refractivity contribution in [3.8, 4) is 22.3 Å². The first-order valence-electron chi connectivity index (χ1n) is 8.64. The van der Waals surface area contributed by atoms with Crippen LogP contribution in [0.15, 0.2) is 84.9 Å². The zero-order valence-corrected chi connectivity index (χ0v) is 13.6. The lowest BCUT2D eigenvalue weighted by Gasteiger charge is -2.29. The molecule has 0 N–H and O–H groups in total. The van der Waals surface area contributed by atoms with Crippen molar-refractivity contribution in [1.82, 2.24) is 0 Å². The van der Waals surface area contributed by atoms with Crippen LogP contribution in [0.2, 0.25) is 0 Å². The van der Waals surface area contributed by atoms with Crippen LogP contribution in [0.5, 0.6) is 0 Å². The molecule has 0 bridgehead atoms. The van der Waals surface area contributed by atoms with Gasteiger partial charge < -0.3 is 0 Å². The molecule has 4 aromatic carbocycles. The van der Waals surface area contributed by atoms with E-state index in [9.17, 15) is 0 Å². The maximum absolute atomic E-state index is 3.59. The molecule has 0 aliphatic heterocycles. The van der Waals surface area contributed by atoms with E-state index < -0.39 is 0 Å². The largest absolute Gasteiger partial charge is 0.0737 e. The van der Waals surface area contributed by atoms with Crippen LogP contribution in [-0.2, 0) is 5.41 Å². The van der Waals surface area contributed by atoms with Crippen LogP contribution in [0, 0.1) is 12.1 Å². The van der Waals surface area contributed by atoms with E-state index in [1.807, 2.05) is 12.1 Å². The van der Waals surface area contributed by atoms with Gasteiger partial charge in [-0.3, -0.25) is 0 Å². The highest BCUT2D eigenvalue weighted by molar-refractivity contribution is 5.94. The lowest BCUT2D eigenvalue weighted by atomic mass is 9.70. The van der Waals surface area contributed by atoms with Crippen molar-refractivity contribution in [3.63, 3.8) is 0 Å². The smallest absolute Gasteiger partial charge is 0.0619 e. The Labute approximate surface area is 147 Å². The lowest BCUT2D eigenvalue weighted by Crippen LogP contribution is -2.25. The van der Waals surface area contributed by atoms with E-state index in [2.05, 4.69) is 84.9 Å². The van der Waals surface area contributed by atoms with Gasteiger partial charge >= 0.3 is 0 Å². The molecule has 0 atom stereocenters. The Kier molecular flexibility index (Phi) is 2.37. The quantitative estimate of drug-likeness (QED) is 0.341. The van der Waals surface area contributed by atoms with Crippen molar-refractivity contribution in [2.24, 2.45) is 0 Å². The second kappa shape index (κ2) is 4.49. The van der Waals surface area contributed by atoms with E-state index in [1.54, 1.807) is 0 Å². The molecule has 25 heavy (non-hydrogen) atoms. The van der Waals surface area contributed by atoms with Crippen molar-refractivity contribution in [1.29, 1.82) is 0 Å². The van der Waals surface area contributed by atoms with Gasteiger partial charge in [0.1, 0.15) is 0 Å². The van der Waals surface area contributed by atoms with E-state index in [0.717, 1.165) is 0 Å². The summed E-state index contributed by atoms with van der Waals surface area (Å²) >= 11 is 0. The number of hydrogen-bond acceptors (Lipinski definition) is 0. The Morgan fingerprint density at radius 1 is 0.480 bits per heavy atom. The SMILES string of the molecule is [c]1cccc2c1C1(c3[c]cccc3-c3ccccc31)c1ccccc1-2. The van der Waals surface area contributed by atoms with E-state index >= 15 is 0 Å². The fraction of sp³-hybridized carbons (Fsp3) is 0.0400. The molecule has 0 fully saturated rings. The lowest BCUT2D eigenvalue weighted by molar-refractivity contribution is 0.791. The van der Waals surface area contributed by atoms with Crippen molar-refractivity contribution in [2.45, 2.75) is 5.41 Å². The summed E-state index contributed by atoms with van der Waals surface area (Å²) in [5.74, 6) is 0. The van der Waals surface area contributed by atoms with Crippen molar-refractivity contribution < 1.29 is 0 Å². The van der Waals surface area contributed by atoms with Crippen LogP contribution >= 0.6 is 0 Å². The molecule has 4 aromatic rings. The predicted octanol–water partition coefficient (Wildman–Crippen LogP) is 5.63. The standard InChI is InChI=1S/C25H14/c1-5-13-21-17(9-1)18-10-2-6-14-22(18)25(21)23-15-7-3-11-19(23)20-12-4-8-16-24(20)25/h1-13,15H. The molecular formula is C25H14. The van der Waals surface area contributed by atoms with Gasteiger partial charge in [0, 0.05) is 0 Å². The monoisotopic (exact) mass is 314 g/mol. The molecule has 0 saturated heterocycles. The van der Waals surface area contributed by atoms with Gasteiger partial charge in [0.2, 0.25) is 0 Å². The fourth-order valence-corrected chi connectivity index (χ4v) is 4.84. The first-order valence-corrected chi connectivity index (χ1v) is 8.64. The topological polar surface area (TPSA) is 0 Å². The second-order valence-electron chi connectivity index (χ2n) is 6.76. The van der Waals surface area contributed by atoms with Gasteiger partial charge in [-0.1, -0.05) is 84.9 Å². The Morgan fingerprint density at radius 3 is 1.44 bits per heavy atom. The van der Waals surface area contributed by atoms with Crippen LogP contribution in [0.25, 0.3) is 22.3 Å². The Bertz CT molecular complexity index is 962. The summed E-state index contributed by atoms with van der Waals surface area (Å²) < 4.78 is 0. The maximum atomic E-state index is 3.59. The number of benzene rings is 4. The normalized spacial score (nSPS) is 14.7. The Morgan fingerprint density at radius 2 is 0.920 bits per heavy atom. The number of rotatable bonds is 0. The molecule has 2 aliphatic rings. The van der Waals surface area contributed by atoms with E-state index in [-0.39, 0.29) is 5.41 Å². The van der Waals surface area contributed by atoms with Gasteiger partial charge in [0.25, 0.3) is 0 Å².